The first-order valence-electron chi connectivity index (χ1n) is 4.24. The van der Waals surface area contributed by atoms with E-state index in [1.54, 1.807) is 0 Å². The lowest BCUT2D eigenvalue weighted by Crippen LogP contribution is -2.11. The molecule has 1 atom stereocenters. The fourth-order valence-corrected chi connectivity index (χ4v) is 0.973. The number of carbonyl (C=O) groups excluding carboxylic acids is 1. The maximum atomic E-state index is 10.3. The smallest absolute Gasteiger partial charge is 0.217 e. The van der Waals surface area contributed by atoms with Gasteiger partial charge in [-0.15, -0.1) is 0 Å². The number of rotatable bonds is 7. The van der Waals surface area contributed by atoms with E-state index in [0.29, 0.717) is 19.3 Å². The monoisotopic (exact) mass is 175 g/mol. The minimum atomic E-state index is -0.442. The highest BCUT2D eigenvalue weighted by atomic mass is 16.3. The summed E-state index contributed by atoms with van der Waals surface area (Å²) < 4.78 is 0. The molecular formula is C8H17NO3. The molecule has 0 heterocycles. The fraction of sp³-hybridized carbons (Fsp3) is 0.875. The molecule has 4 N–H and O–H groups in total. The van der Waals surface area contributed by atoms with E-state index < -0.39 is 6.10 Å². The molecule has 0 unspecified atom stereocenters. The largest absolute Gasteiger partial charge is 0.396 e. The number of unbranched alkanes of at least 4 members (excludes halogenated alkanes) is 1. The molecular weight excluding hydrogens is 158 g/mol. The van der Waals surface area contributed by atoms with Crippen molar-refractivity contribution in [1.29, 1.82) is 0 Å². The molecule has 0 saturated carbocycles. The van der Waals surface area contributed by atoms with E-state index in [9.17, 15) is 4.79 Å². The zero-order valence-corrected chi connectivity index (χ0v) is 7.20. The van der Waals surface area contributed by atoms with Crippen LogP contribution in [0, 0.1) is 0 Å². The van der Waals surface area contributed by atoms with Crippen LogP contribution in [0.25, 0.3) is 0 Å². The number of primary amides is 1. The van der Waals surface area contributed by atoms with Crippen LogP contribution in [0.15, 0.2) is 0 Å². The Morgan fingerprint density at radius 1 is 1.33 bits per heavy atom. The van der Waals surface area contributed by atoms with Crippen molar-refractivity contribution in [2.24, 2.45) is 5.73 Å². The van der Waals surface area contributed by atoms with Gasteiger partial charge in [0.05, 0.1) is 6.10 Å². The van der Waals surface area contributed by atoms with Crippen molar-refractivity contribution in [1.82, 2.24) is 0 Å². The molecule has 0 aliphatic rings. The van der Waals surface area contributed by atoms with Gasteiger partial charge in [-0.25, -0.2) is 0 Å². The predicted molar refractivity (Wildman–Crippen MR) is 45.4 cm³/mol. The Labute approximate surface area is 72.4 Å². The van der Waals surface area contributed by atoms with Gasteiger partial charge in [-0.1, -0.05) is 6.42 Å². The summed E-state index contributed by atoms with van der Waals surface area (Å²) in [6, 6.07) is 0. The Kier molecular flexibility index (Phi) is 6.70. The molecule has 1 amide bonds. The average Bonchev–Trinajstić information content (AvgIpc) is 1.98. The zero-order valence-electron chi connectivity index (χ0n) is 7.20. The lowest BCUT2D eigenvalue weighted by Gasteiger charge is -2.06. The first-order valence-corrected chi connectivity index (χ1v) is 4.24. The summed E-state index contributed by atoms with van der Waals surface area (Å²) in [6.07, 6.45) is 2.49. The molecule has 12 heavy (non-hydrogen) atoms. The highest BCUT2D eigenvalue weighted by molar-refractivity contribution is 5.73. The van der Waals surface area contributed by atoms with Crippen LogP contribution in [-0.4, -0.2) is 28.8 Å². The van der Waals surface area contributed by atoms with Crippen molar-refractivity contribution in [2.45, 2.75) is 38.2 Å². The molecule has 0 fully saturated rings. The third-order valence-corrected chi connectivity index (χ3v) is 1.67. The molecule has 4 heteroatoms. The zero-order chi connectivity index (χ0) is 9.40. The Morgan fingerprint density at radius 2 is 2.00 bits per heavy atom. The topological polar surface area (TPSA) is 83.6 Å². The van der Waals surface area contributed by atoms with Crippen molar-refractivity contribution >= 4 is 5.91 Å². The van der Waals surface area contributed by atoms with E-state index in [1.807, 2.05) is 0 Å². The summed E-state index contributed by atoms with van der Waals surface area (Å²) in [5.74, 6) is -0.299. The van der Waals surface area contributed by atoms with Gasteiger partial charge in [-0.3, -0.25) is 4.79 Å². The number of hydrogen-bond acceptors (Lipinski definition) is 3. The maximum absolute atomic E-state index is 10.3. The molecule has 0 radical (unpaired) electrons. The van der Waals surface area contributed by atoms with Crippen LogP contribution in [0.4, 0.5) is 0 Å². The van der Waals surface area contributed by atoms with E-state index in [0.717, 1.165) is 12.8 Å². The van der Waals surface area contributed by atoms with Crippen LogP contribution >= 0.6 is 0 Å². The van der Waals surface area contributed by atoms with Crippen molar-refractivity contribution in [2.75, 3.05) is 6.61 Å². The highest BCUT2D eigenvalue weighted by Crippen LogP contribution is 2.05. The lowest BCUT2D eigenvalue weighted by molar-refractivity contribution is -0.118. The Bertz CT molecular complexity index is 127. The summed E-state index contributed by atoms with van der Waals surface area (Å²) in [6.45, 7) is 0.0109. The number of nitrogens with two attached hydrogens (primary N) is 1. The van der Waals surface area contributed by atoms with Crippen LogP contribution in [0.2, 0.25) is 0 Å². The molecule has 72 valence electrons. The second kappa shape index (κ2) is 7.06. The fourth-order valence-electron chi connectivity index (χ4n) is 0.973. The number of hydrogen-bond donors (Lipinski definition) is 3. The van der Waals surface area contributed by atoms with Gasteiger partial charge in [0.15, 0.2) is 0 Å². The van der Waals surface area contributed by atoms with Crippen LogP contribution in [0.1, 0.15) is 32.1 Å². The quantitative estimate of drug-likeness (QED) is 0.467. The van der Waals surface area contributed by atoms with Crippen molar-refractivity contribution < 1.29 is 15.0 Å². The maximum Gasteiger partial charge on any atom is 0.217 e. The molecule has 0 aliphatic heterocycles. The normalized spacial score (nSPS) is 12.8. The summed E-state index contributed by atoms with van der Waals surface area (Å²) in [5, 5.41) is 17.6. The molecule has 0 aromatic rings. The van der Waals surface area contributed by atoms with E-state index in [-0.39, 0.29) is 12.5 Å². The van der Waals surface area contributed by atoms with Gasteiger partial charge >= 0.3 is 0 Å². The van der Waals surface area contributed by atoms with Crippen LogP contribution in [0.5, 0.6) is 0 Å². The van der Waals surface area contributed by atoms with E-state index in [1.165, 1.54) is 0 Å². The Hall–Kier alpha value is -0.610. The number of amides is 1. The van der Waals surface area contributed by atoms with Gasteiger partial charge in [0.2, 0.25) is 5.91 Å². The van der Waals surface area contributed by atoms with Gasteiger partial charge in [-0.05, 0) is 19.3 Å². The lowest BCUT2D eigenvalue weighted by atomic mass is 10.1. The van der Waals surface area contributed by atoms with Gasteiger partial charge in [0.1, 0.15) is 0 Å². The van der Waals surface area contributed by atoms with Gasteiger partial charge in [0, 0.05) is 13.0 Å². The number of aliphatic hydroxyl groups excluding tert-OH is 2. The Balaban J connectivity index is 3.13. The average molecular weight is 175 g/mol. The van der Waals surface area contributed by atoms with Crippen molar-refractivity contribution in [3.05, 3.63) is 0 Å². The standard InChI is InChI=1S/C8H17NO3/c9-8(12)4-2-1-3-7(11)5-6-10/h7,10-11H,1-6H2,(H2,9,12)/t7-/m0/s1. The van der Waals surface area contributed by atoms with E-state index in [4.69, 9.17) is 15.9 Å². The van der Waals surface area contributed by atoms with E-state index in [2.05, 4.69) is 0 Å². The second-order valence-electron chi connectivity index (χ2n) is 2.88. The van der Waals surface area contributed by atoms with Gasteiger partial charge in [0.25, 0.3) is 0 Å². The SMILES string of the molecule is NC(=O)CCCC[C@H](O)CCO. The van der Waals surface area contributed by atoms with Crippen LogP contribution in [0.3, 0.4) is 0 Å². The molecule has 0 bridgehead atoms. The van der Waals surface area contributed by atoms with Gasteiger partial charge in [-0.2, -0.15) is 0 Å². The predicted octanol–water partition coefficient (Wildman–Crippen LogP) is -0.225. The summed E-state index contributed by atoms with van der Waals surface area (Å²) >= 11 is 0. The van der Waals surface area contributed by atoms with Crippen LogP contribution < -0.4 is 5.73 Å². The minimum absolute atomic E-state index is 0.0109. The number of carbonyl (C=O) groups is 1. The number of aliphatic hydroxyl groups is 2. The molecule has 0 rings (SSSR count). The first kappa shape index (κ1) is 11.4. The van der Waals surface area contributed by atoms with Crippen LogP contribution in [-0.2, 0) is 4.79 Å². The first-order chi connectivity index (χ1) is 5.66. The summed E-state index contributed by atoms with van der Waals surface area (Å²) in [7, 11) is 0. The minimum Gasteiger partial charge on any atom is -0.396 e. The summed E-state index contributed by atoms with van der Waals surface area (Å²) in [5.41, 5.74) is 4.93. The highest BCUT2D eigenvalue weighted by Gasteiger charge is 2.02. The van der Waals surface area contributed by atoms with Gasteiger partial charge < -0.3 is 15.9 Å². The molecule has 0 saturated heterocycles. The second-order valence-corrected chi connectivity index (χ2v) is 2.88. The third kappa shape index (κ3) is 7.50. The molecule has 0 aromatic carbocycles. The third-order valence-electron chi connectivity index (χ3n) is 1.67. The summed E-state index contributed by atoms with van der Waals surface area (Å²) in [4.78, 5) is 10.3. The van der Waals surface area contributed by atoms with Crippen molar-refractivity contribution in [3.8, 4) is 0 Å². The Morgan fingerprint density at radius 3 is 2.50 bits per heavy atom. The molecule has 0 aliphatic carbocycles. The van der Waals surface area contributed by atoms with E-state index >= 15 is 0 Å². The molecule has 0 aromatic heterocycles. The van der Waals surface area contributed by atoms with Crippen molar-refractivity contribution in [3.63, 3.8) is 0 Å². The molecule has 0 spiro atoms. The molecule has 4 nitrogen and oxygen atoms in total.